The first-order chi connectivity index (χ1) is 6.27. The van der Waals surface area contributed by atoms with Crippen LogP contribution in [0.4, 0.5) is 0 Å². The number of rotatable bonds is 1. The van der Waals surface area contributed by atoms with Crippen LogP contribution in [0.5, 0.6) is 0 Å². The normalized spacial score (nSPS) is 21.4. The highest BCUT2D eigenvalue weighted by Crippen LogP contribution is 2.16. The molecule has 0 atom stereocenters. The van der Waals surface area contributed by atoms with Gasteiger partial charge in [0.15, 0.2) is 0 Å². The van der Waals surface area contributed by atoms with Crippen LogP contribution in [-0.4, -0.2) is 30.9 Å². The largest absolute Gasteiger partial charge is 0.404 e. The van der Waals surface area contributed by atoms with Gasteiger partial charge in [-0.25, -0.2) is 0 Å². The van der Waals surface area contributed by atoms with Gasteiger partial charge in [-0.2, -0.15) is 0 Å². The van der Waals surface area contributed by atoms with Gasteiger partial charge in [-0.3, -0.25) is 4.99 Å². The zero-order valence-electron chi connectivity index (χ0n) is 8.53. The fourth-order valence-corrected chi connectivity index (χ4v) is 1.65. The van der Waals surface area contributed by atoms with Gasteiger partial charge in [0.2, 0.25) is 0 Å². The molecule has 1 aliphatic rings. The van der Waals surface area contributed by atoms with Crippen molar-refractivity contribution in [2.75, 3.05) is 20.1 Å². The minimum absolute atomic E-state index is 0.858. The molecular weight excluding hydrogens is 162 g/mol. The topological polar surface area (TPSA) is 41.6 Å². The molecule has 2 N–H and O–H groups in total. The Bertz CT molecular complexity index is 200. The van der Waals surface area contributed by atoms with Crippen LogP contribution in [0.3, 0.4) is 0 Å². The molecule has 1 aliphatic heterocycles. The molecule has 0 unspecified atom stereocenters. The van der Waals surface area contributed by atoms with Crippen molar-refractivity contribution in [2.24, 2.45) is 16.6 Å². The van der Waals surface area contributed by atoms with Crippen LogP contribution < -0.4 is 5.73 Å². The van der Waals surface area contributed by atoms with Gasteiger partial charge in [0.25, 0.3) is 0 Å². The number of likely N-dealkylation sites (tertiary alicyclic amines) is 1. The Balaban J connectivity index is 2.52. The highest BCUT2D eigenvalue weighted by molar-refractivity contribution is 5.92. The highest BCUT2D eigenvalue weighted by Gasteiger charge is 2.16. The second kappa shape index (κ2) is 4.90. The molecule has 0 amide bonds. The average Bonchev–Trinajstić information content (AvgIpc) is 2.16. The van der Waals surface area contributed by atoms with Crippen LogP contribution in [0, 0.1) is 5.92 Å². The van der Waals surface area contributed by atoms with E-state index in [0.29, 0.717) is 0 Å². The van der Waals surface area contributed by atoms with Crippen LogP contribution in [-0.2, 0) is 0 Å². The predicted molar refractivity (Wildman–Crippen MR) is 56.7 cm³/mol. The molecule has 0 aromatic heterocycles. The van der Waals surface area contributed by atoms with Crippen LogP contribution in [0.25, 0.3) is 0 Å². The lowest BCUT2D eigenvalue weighted by molar-refractivity contribution is 0.281. The van der Waals surface area contributed by atoms with E-state index >= 15 is 0 Å². The van der Waals surface area contributed by atoms with E-state index < -0.39 is 0 Å². The van der Waals surface area contributed by atoms with Gasteiger partial charge < -0.3 is 10.6 Å². The molecule has 1 heterocycles. The van der Waals surface area contributed by atoms with Gasteiger partial charge in [-0.05, 0) is 31.0 Å². The van der Waals surface area contributed by atoms with Crippen molar-refractivity contribution < 1.29 is 0 Å². The Morgan fingerprint density at radius 3 is 2.54 bits per heavy atom. The average molecular weight is 181 g/mol. The van der Waals surface area contributed by atoms with Crippen molar-refractivity contribution in [3.05, 3.63) is 12.3 Å². The lowest BCUT2D eigenvalue weighted by Crippen LogP contribution is -2.37. The summed E-state index contributed by atoms with van der Waals surface area (Å²) in [5.74, 6) is 1.87. The van der Waals surface area contributed by atoms with Crippen LogP contribution in [0.1, 0.15) is 19.8 Å². The van der Waals surface area contributed by atoms with Crippen molar-refractivity contribution in [3.8, 4) is 0 Å². The highest BCUT2D eigenvalue weighted by atomic mass is 15.2. The standard InChI is InChI=1S/C10H19N3/c1-9-4-7-13(8-5-9)10(12-2)3-6-11/h3,6,9H,4-5,7-8,11H2,1-2H3. The number of piperidine rings is 1. The predicted octanol–water partition coefficient (Wildman–Crippen LogP) is 1.22. The minimum Gasteiger partial charge on any atom is -0.404 e. The van der Waals surface area contributed by atoms with Gasteiger partial charge in [-0.1, -0.05) is 6.92 Å². The Morgan fingerprint density at radius 2 is 2.08 bits per heavy atom. The molecular formula is C10H19N3. The van der Waals surface area contributed by atoms with Gasteiger partial charge in [0, 0.05) is 20.1 Å². The molecule has 0 radical (unpaired) electrons. The van der Waals surface area contributed by atoms with Gasteiger partial charge in [0.05, 0.1) is 0 Å². The summed E-state index contributed by atoms with van der Waals surface area (Å²) in [7, 11) is 1.81. The summed E-state index contributed by atoms with van der Waals surface area (Å²) < 4.78 is 0. The maximum Gasteiger partial charge on any atom is 0.124 e. The number of aliphatic imine (C=N–C) groups is 1. The Labute approximate surface area is 80.3 Å². The maximum atomic E-state index is 5.35. The fourth-order valence-electron chi connectivity index (χ4n) is 1.65. The molecule has 1 fully saturated rings. The van der Waals surface area contributed by atoms with Crippen molar-refractivity contribution in [3.63, 3.8) is 0 Å². The van der Waals surface area contributed by atoms with Crippen molar-refractivity contribution in [2.45, 2.75) is 19.8 Å². The number of hydrogen-bond acceptors (Lipinski definition) is 2. The quantitative estimate of drug-likeness (QED) is 0.488. The zero-order valence-corrected chi connectivity index (χ0v) is 8.53. The van der Waals surface area contributed by atoms with Crippen molar-refractivity contribution in [1.29, 1.82) is 0 Å². The molecule has 0 aromatic carbocycles. The van der Waals surface area contributed by atoms with E-state index in [1.165, 1.54) is 12.8 Å². The first-order valence-electron chi connectivity index (χ1n) is 4.88. The lowest BCUT2D eigenvalue weighted by atomic mass is 9.99. The van der Waals surface area contributed by atoms with E-state index in [4.69, 9.17) is 5.73 Å². The van der Waals surface area contributed by atoms with Gasteiger partial charge in [0.1, 0.15) is 5.84 Å². The van der Waals surface area contributed by atoms with Crippen LogP contribution in [0.15, 0.2) is 17.3 Å². The minimum atomic E-state index is 0.858. The van der Waals surface area contributed by atoms with Crippen LogP contribution >= 0.6 is 0 Å². The van der Waals surface area contributed by atoms with Crippen molar-refractivity contribution >= 4 is 5.84 Å². The third-order valence-corrected chi connectivity index (χ3v) is 2.58. The SMILES string of the molecule is CN=C(C=CN)N1CCC(C)CC1. The summed E-state index contributed by atoms with van der Waals surface area (Å²) in [5, 5.41) is 0. The molecule has 0 spiro atoms. The number of nitrogens with two attached hydrogens (primary N) is 1. The molecule has 13 heavy (non-hydrogen) atoms. The molecule has 0 saturated carbocycles. The Kier molecular flexibility index (Phi) is 3.80. The summed E-state index contributed by atoms with van der Waals surface area (Å²) in [5.41, 5.74) is 5.35. The molecule has 1 saturated heterocycles. The lowest BCUT2D eigenvalue weighted by Gasteiger charge is -2.31. The third kappa shape index (κ3) is 2.76. The van der Waals surface area contributed by atoms with E-state index in [9.17, 15) is 0 Å². The van der Waals surface area contributed by atoms with E-state index in [0.717, 1.165) is 24.8 Å². The molecule has 3 heteroatoms. The second-order valence-electron chi connectivity index (χ2n) is 3.61. The van der Waals surface area contributed by atoms with E-state index in [1.54, 1.807) is 6.20 Å². The summed E-state index contributed by atoms with van der Waals surface area (Å²) in [4.78, 5) is 6.50. The fraction of sp³-hybridized carbons (Fsp3) is 0.700. The number of nitrogens with zero attached hydrogens (tertiary/aromatic N) is 2. The van der Waals surface area contributed by atoms with Crippen molar-refractivity contribution in [1.82, 2.24) is 4.90 Å². The third-order valence-electron chi connectivity index (χ3n) is 2.58. The summed E-state index contributed by atoms with van der Waals surface area (Å²) in [6, 6.07) is 0. The zero-order chi connectivity index (χ0) is 9.68. The second-order valence-corrected chi connectivity index (χ2v) is 3.61. The summed E-state index contributed by atoms with van der Waals surface area (Å²) in [6.45, 7) is 4.52. The molecule has 3 nitrogen and oxygen atoms in total. The van der Waals surface area contributed by atoms with Gasteiger partial charge >= 0.3 is 0 Å². The molecule has 1 rings (SSSR count). The van der Waals surface area contributed by atoms with E-state index in [1.807, 2.05) is 13.1 Å². The first-order valence-corrected chi connectivity index (χ1v) is 4.88. The van der Waals surface area contributed by atoms with Crippen LogP contribution in [0.2, 0.25) is 0 Å². The summed E-state index contributed by atoms with van der Waals surface area (Å²) in [6.07, 6.45) is 5.95. The maximum absolute atomic E-state index is 5.35. The Morgan fingerprint density at radius 1 is 1.46 bits per heavy atom. The van der Waals surface area contributed by atoms with E-state index in [2.05, 4.69) is 16.8 Å². The molecule has 74 valence electrons. The van der Waals surface area contributed by atoms with Gasteiger partial charge in [-0.15, -0.1) is 0 Å². The number of hydrogen-bond donors (Lipinski definition) is 1. The molecule has 0 bridgehead atoms. The summed E-state index contributed by atoms with van der Waals surface area (Å²) >= 11 is 0. The first kappa shape index (κ1) is 10.1. The molecule has 0 aliphatic carbocycles. The monoisotopic (exact) mass is 181 g/mol. The molecule has 0 aromatic rings. The Hall–Kier alpha value is -0.990. The number of amidine groups is 1. The smallest absolute Gasteiger partial charge is 0.124 e. The van der Waals surface area contributed by atoms with E-state index in [-0.39, 0.29) is 0 Å².